The molecule has 0 aromatic rings. The minimum atomic E-state index is 0.469. The molecule has 0 radical (unpaired) electrons. The topological polar surface area (TPSA) is 9.23 Å². The SMILES string of the molecule is CCCC(C)C1(/C=C/CO[C@H]2CC[C@H](CCC)CC2)CCCCC1. The van der Waals surface area contributed by atoms with Gasteiger partial charge in [-0.3, -0.25) is 0 Å². The summed E-state index contributed by atoms with van der Waals surface area (Å²) in [6.07, 6.45) is 23.3. The molecule has 0 aromatic carbocycles. The van der Waals surface area contributed by atoms with Gasteiger partial charge in [-0.2, -0.15) is 0 Å². The molecule has 2 aliphatic carbocycles. The molecule has 24 heavy (non-hydrogen) atoms. The van der Waals surface area contributed by atoms with Gasteiger partial charge in [0.05, 0.1) is 12.7 Å². The van der Waals surface area contributed by atoms with Gasteiger partial charge in [0, 0.05) is 0 Å². The number of rotatable bonds is 9. The first-order valence-electron chi connectivity index (χ1n) is 11.0. The molecule has 2 rings (SSSR count). The van der Waals surface area contributed by atoms with Crippen molar-refractivity contribution in [1.29, 1.82) is 0 Å². The van der Waals surface area contributed by atoms with Crippen molar-refractivity contribution in [2.75, 3.05) is 6.61 Å². The molecule has 0 spiro atoms. The van der Waals surface area contributed by atoms with Crippen molar-refractivity contribution in [1.82, 2.24) is 0 Å². The van der Waals surface area contributed by atoms with Crippen molar-refractivity contribution >= 4 is 0 Å². The van der Waals surface area contributed by atoms with Crippen LogP contribution in [0.3, 0.4) is 0 Å². The summed E-state index contributed by atoms with van der Waals surface area (Å²) < 4.78 is 6.20. The number of ether oxygens (including phenoxy) is 1. The summed E-state index contributed by atoms with van der Waals surface area (Å²) in [5, 5.41) is 0. The Morgan fingerprint density at radius 2 is 1.71 bits per heavy atom. The van der Waals surface area contributed by atoms with Crippen LogP contribution >= 0.6 is 0 Å². The lowest BCUT2D eigenvalue weighted by Gasteiger charge is -2.40. The van der Waals surface area contributed by atoms with E-state index in [0.29, 0.717) is 11.5 Å². The first kappa shape index (κ1) is 20.0. The van der Waals surface area contributed by atoms with E-state index in [9.17, 15) is 0 Å². The zero-order valence-corrected chi connectivity index (χ0v) is 16.7. The van der Waals surface area contributed by atoms with Gasteiger partial charge in [0.25, 0.3) is 0 Å². The zero-order valence-electron chi connectivity index (χ0n) is 16.7. The molecule has 0 amide bonds. The van der Waals surface area contributed by atoms with E-state index in [4.69, 9.17) is 4.74 Å². The average Bonchev–Trinajstić information content (AvgIpc) is 2.61. The van der Waals surface area contributed by atoms with Crippen LogP contribution in [0.1, 0.15) is 104 Å². The minimum Gasteiger partial charge on any atom is -0.374 e. The van der Waals surface area contributed by atoms with Gasteiger partial charge in [-0.1, -0.05) is 77.9 Å². The highest BCUT2D eigenvalue weighted by atomic mass is 16.5. The summed E-state index contributed by atoms with van der Waals surface area (Å²) in [4.78, 5) is 0. The zero-order chi connectivity index (χ0) is 17.3. The Hall–Kier alpha value is -0.300. The van der Waals surface area contributed by atoms with E-state index >= 15 is 0 Å². The molecule has 0 saturated heterocycles. The van der Waals surface area contributed by atoms with E-state index in [0.717, 1.165) is 18.4 Å². The lowest BCUT2D eigenvalue weighted by molar-refractivity contribution is 0.0328. The Morgan fingerprint density at radius 3 is 2.33 bits per heavy atom. The molecule has 1 nitrogen and oxygen atoms in total. The third-order valence-corrected chi connectivity index (χ3v) is 6.86. The quantitative estimate of drug-likeness (QED) is 0.402. The molecular formula is C23H42O. The van der Waals surface area contributed by atoms with E-state index < -0.39 is 0 Å². The smallest absolute Gasteiger partial charge is 0.0651 e. The summed E-state index contributed by atoms with van der Waals surface area (Å²) in [6, 6.07) is 0. The first-order chi connectivity index (χ1) is 11.7. The van der Waals surface area contributed by atoms with Crippen LogP contribution in [0.25, 0.3) is 0 Å². The number of hydrogen-bond donors (Lipinski definition) is 0. The van der Waals surface area contributed by atoms with Gasteiger partial charge in [-0.25, -0.2) is 0 Å². The van der Waals surface area contributed by atoms with Crippen molar-refractivity contribution in [2.24, 2.45) is 17.3 Å². The summed E-state index contributed by atoms with van der Waals surface area (Å²) in [7, 11) is 0. The maximum atomic E-state index is 6.20. The third-order valence-electron chi connectivity index (χ3n) is 6.86. The Balaban J connectivity index is 1.76. The Labute approximate surface area is 151 Å². The molecular weight excluding hydrogens is 292 g/mol. The number of allylic oxidation sites excluding steroid dienone is 1. The fourth-order valence-corrected chi connectivity index (χ4v) is 5.22. The number of hydrogen-bond acceptors (Lipinski definition) is 1. The molecule has 1 heteroatoms. The molecule has 2 aliphatic rings. The van der Waals surface area contributed by atoms with Gasteiger partial charge < -0.3 is 4.74 Å². The van der Waals surface area contributed by atoms with E-state index in [-0.39, 0.29) is 0 Å². The van der Waals surface area contributed by atoms with Gasteiger partial charge in [0.2, 0.25) is 0 Å². The second-order valence-electron chi connectivity index (χ2n) is 8.65. The largest absolute Gasteiger partial charge is 0.374 e. The van der Waals surface area contributed by atoms with E-state index in [1.807, 2.05) is 0 Å². The molecule has 1 unspecified atom stereocenters. The van der Waals surface area contributed by atoms with Crippen molar-refractivity contribution in [3.05, 3.63) is 12.2 Å². The van der Waals surface area contributed by atoms with Gasteiger partial charge in [0.1, 0.15) is 0 Å². The second-order valence-corrected chi connectivity index (χ2v) is 8.65. The van der Waals surface area contributed by atoms with Gasteiger partial charge in [-0.15, -0.1) is 0 Å². The summed E-state index contributed by atoms with van der Waals surface area (Å²) >= 11 is 0. The van der Waals surface area contributed by atoms with E-state index in [1.165, 1.54) is 83.5 Å². The lowest BCUT2D eigenvalue weighted by Crippen LogP contribution is -2.29. The van der Waals surface area contributed by atoms with Gasteiger partial charge >= 0.3 is 0 Å². The highest BCUT2D eigenvalue weighted by molar-refractivity contribution is 5.04. The lowest BCUT2D eigenvalue weighted by atomic mass is 9.65. The highest BCUT2D eigenvalue weighted by Gasteiger charge is 2.34. The Bertz CT molecular complexity index is 345. The first-order valence-corrected chi connectivity index (χ1v) is 11.0. The maximum Gasteiger partial charge on any atom is 0.0651 e. The van der Waals surface area contributed by atoms with Crippen LogP contribution < -0.4 is 0 Å². The summed E-state index contributed by atoms with van der Waals surface area (Å²) in [6.45, 7) is 7.96. The molecule has 1 atom stereocenters. The Morgan fingerprint density at radius 1 is 1.00 bits per heavy atom. The molecule has 0 bridgehead atoms. The van der Waals surface area contributed by atoms with Crippen molar-refractivity contribution in [3.8, 4) is 0 Å². The fourth-order valence-electron chi connectivity index (χ4n) is 5.22. The van der Waals surface area contributed by atoms with Crippen molar-refractivity contribution < 1.29 is 4.74 Å². The van der Waals surface area contributed by atoms with Crippen LogP contribution in [-0.4, -0.2) is 12.7 Å². The summed E-state index contributed by atoms with van der Waals surface area (Å²) in [5.41, 5.74) is 0.469. The highest BCUT2D eigenvalue weighted by Crippen LogP contribution is 2.45. The molecule has 0 heterocycles. The second kappa shape index (κ2) is 10.6. The molecule has 0 N–H and O–H groups in total. The minimum absolute atomic E-state index is 0.469. The van der Waals surface area contributed by atoms with Crippen LogP contribution in [-0.2, 0) is 4.74 Å². The summed E-state index contributed by atoms with van der Waals surface area (Å²) in [5.74, 6) is 1.80. The van der Waals surface area contributed by atoms with Gasteiger partial charge in [0.15, 0.2) is 0 Å². The maximum absolute atomic E-state index is 6.20. The van der Waals surface area contributed by atoms with Crippen LogP contribution in [0.15, 0.2) is 12.2 Å². The predicted octanol–water partition coefficient (Wildman–Crippen LogP) is 7.30. The van der Waals surface area contributed by atoms with Crippen molar-refractivity contribution in [2.45, 2.75) is 110 Å². The molecule has 0 aromatic heterocycles. The van der Waals surface area contributed by atoms with Crippen LogP contribution in [0.4, 0.5) is 0 Å². The molecule has 2 fully saturated rings. The molecule has 2 saturated carbocycles. The van der Waals surface area contributed by atoms with Gasteiger partial charge in [-0.05, 0) is 55.8 Å². The monoisotopic (exact) mass is 334 g/mol. The standard InChI is InChI=1S/C23H42O/c1-4-10-20(3)23(16-7-6-8-17-23)18-9-19-24-22-14-12-21(11-5-2)13-15-22/h9,18,20-22H,4-8,10-17,19H2,1-3H3/b18-9+/t20?,21-,22-. The van der Waals surface area contributed by atoms with E-state index in [1.54, 1.807) is 0 Å². The Kier molecular flexibility index (Phi) is 8.87. The molecule has 0 aliphatic heterocycles. The third kappa shape index (κ3) is 5.90. The normalized spacial score (nSPS) is 29.0. The van der Waals surface area contributed by atoms with Crippen LogP contribution in [0, 0.1) is 17.3 Å². The van der Waals surface area contributed by atoms with Crippen LogP contribution in [0.5, 0.6) is 0 Å². The van der Waals surface area contributed by atoms with E-state index in [2.05, 4.69) is 32.9 Å². The molecule has 140 valence electrons. The van der Waals surface area contributed by atoms with Crippen LogP contribution in [0.2, 0.25) is 0 Å². The average molecular weight is 335 g/mol. The van der Waals surface area contributed by atoms with Crippen molar-refractivity contribution in [3.63, 3.8) is 0 Å². The predicted molar refractivity (Wildman–Crippen MR) is 105 cm³/mol. The fraction of sp³-hybridized carbons (Fsp3) is 0.913.